The summed E-state index contributed by atoms with van der Waals surface area (Å²) in [6.45, 7) is 0.610. The lowest BCUT2D eigenvalue weighted by atomic mass is 10.4. The molecule has 3 rings (SSSR count). The van der Waals surface area contributed by atoms with Gasteiger partial charge in [-0.2, -0.15) is 0 Å². The summed E-state index contributed by atoms with van der Waals surface area (Å²) in [6, 6.07) is 1.47. The summed E-state index contributed by atoms with van der Waals surface area (Å²) in [5.41, 5.74) is 6.63. The molecule has 5 nitrogen and oxygen atoms in total. The van der Waals surface area contributed by atoms with Gasteiger partial charge in [0.1, 0.15) is 0 Å². The normalized spacial score (nSPS) is 11.1. The van der Waals surface area contributed by atoms with E-state index in [1.165, 1.54) is 6.07 Å². The zero-order valence-electron chi connectivity index (χ0n) is 8.91. The number of nitrogens with two attached hydrogens (primary N) is 1. The molecular weight excluding hydrogens is 236 g/mol. The third kappa shape index (κ3) is 1.83. The molecule has 0 aliphatic rings. The topological polar surface area (TPSA) is 65.3 Å². The number of nitrogens with zero attached hydrogens (tertiary/aromatic N) is 3. The minimum absolute atomic E-state index is 0.146. The number of hydrogen-bond acceptors (Lipinski definition) is 4. The Bertz CT molecular complexity index is 696. The average molecular weight is 246 g/mol. The lowest BCUT2D eigenvalue weighted by Gasteiger charge is -2.03. The second-order valence-corrected chi connectivity index (χ2v) is 4.63. The number of rotatable bonds is 2. The number of pyridine rings is 1. The first-order valence-electron chi connectivity index (χ1n) is 5.09. The van der Waals surface area contributed by atoms with Gasteiger partial charge in [0.15, 0.2) is 4.96 Å². The maximum Gasteiger partial charge on any atom is 0.204 e. The number of imidazole rings is 1. The molecule has 0 saturated heterocycles. The highest BCUT2D eigenvalue weighted by Crippen LogP contribution is 2.12. The molecule has 0 amide bonds. The van der Waals surface area contributed by atoms with Gasteiger partial charge in [0.05, 0.1) is 17.9 Å². The van der Waals surface area contributed by atoms with Gasteiger partial charge in [-0.3, -0.25) is 9.20 Å². The molecule has 0 aliphatic carbocycles. The zero-order chi connectivity index (χ0) is 11.8. The van der Waals surface area contributed by atoms with Crippen LogP contribution in [0, 0.1) is 0 Å². The maximum absolute atomic E-state index is 11.2. The third-order valence-electron chi connectivity index (χ3n) is 2.49. The van der Waals surface area contributed by atoms with Crippen LogP contribution < -0.4 is 11.2 Å². The molecule has 3 aromatic rings. The van der Waals surface area contributed by atoms with Crippen molar-refractivity contribution in [3.63, 3.8) is 0 Å². The van der Waals surface area contributed by atoms with E-state index in [0.717, 1.165) is 10.7 Å². The second-order valence-electron chi connectivity index (χ2n) is 3.76. The lowest BCUT2D eigenvalue weighted by Crippen LogP contribution is -2.11. The van der Waals surface area contributed by atoms with E-state index in [9.17, 15) is 4.79 Å². The van der Waals surface area contributed by atoms with Crippen molar-refractivity contribution < 1.29 is 0 Å². The van der Waals surface area contributed by atoms with Crippen LogP contribution >= 0.6 is 11.3 Å². The molecule has 0 radical (unpaired) electrons. The Labute approximate surface area is 101 Å². The number of thiazole rings is 1. The largest absolute Gasteiger partial charge is 0.394 e. The molecule has 3 aromatic heterocycles. The van der Waals surface area contributed by atoms with Crippen LogP contribution in [0.1, 0.15) is 5.69 Å². The first-order chi connectivity index (χ1) is 8.22. The summed E-state index contributed by atoms with van der Waals surface area (Å²) in [5, 5.41) is 1.99. The fourth-order valence-electron chi connectivity index (χ4n) is 1.68. The van der Waals surface area contributed by atoms with Crippen LogP contribution in [0.5, 0.6) is 0 Å². The molecule has 0 unspecified atom stereocenters. The van der Waals surface area contributed by atoms with Crippen LogP contribution in [-0.4, -0.2) is 14.0 Å². The van der Waals surface area contributed by atoms with Gasteiger partial charge in [0.25, 0.3) is 0 Å². The van der Waals surface area contributed by atoms with E-state index in [1.54, 1.807) is 23.7 Å². The van der Waals surface area contributed by atoms with Crippen LogP contribution in [0.15, 0.2) is 41.0 Å². The van der Waals surface area contributed by atoms with Crippen molar-refractivity contribution in [2.45, 2.75) is 6.54 Å². The van der Waals surface area contributed by atoms with Crippen molar-refractivity contribution in [1.82, 2.24) is 14.0 Å². The van der Waals surface area contributed by atoms with Crippen molar-refractivity contribution in [1.29, 1.82) is 0 Å². The number of hydrogen-bond donors (Lipinski definition) is 1. The highest BCUT2D eigenvalue weighted by atomic mass is 32.1. The molecule has 2 N–H and O–H groups in total. The summed E-state index contributed by atoms with van der Waals surface area (Å²) < 4.78 is 3.83. The van der Waals surface area contributed by atoms with E-state index in [4.69, 9.17) is 5.73 Å². The summed E-state index contributed by atoms with van der Waals surface area (Å²) in [5.74, 6) is 0. The molecule has 0 aliphatic heterocycles. The average Bonchev–Trinajstić information content (AvgIpc) is 2.84. The molecule has 0 spiro atoms. The Morgan fingerprint density at radius 1 is 1.35 bits per heavy atom. The highest BCUT2D eigenvalue weighted by molar-refractivity contribution is 7.15. The molecule has 3 heterocycles. The minimum atomic E-state index is -0.146. The van der Waals surface area contributed by atoms with Gasteiger partial charge >= 0.3 is 0 Å². The van der Waals surface area contributed by atoms with Gasteiger partial charge in [-0.1, -0.05) is 0 Å². The Balaban J connectivity index is 1.93. The Hall–Kier alpha value is -2.08. The number of fused-ring (bicyclic) bond motifs is 1. The van der Waals surface area contributed by atoms with Crippen molar-refractivity contribution in [2.24, 2.45) is 0 Å². The van der Waals surface area contributed by atoms with Crippen LogP contribution in [-0.2, 0) is 6.54 Å². The first-order valence-corrected chi connectivity index (χ1v) is 5.97. The lowest BCUT2D eigenvalue weighted by molar-refractivity contribution is 0.773. The minimum Gasteiger partial charge on any atom is -0.394 e. The van der Waals surface area contributed by atoms with Crippen LogP contribution in [0.3, 0.4) is 0 Å². The molecule has 0 atom stereocenters. The third-order valence-corrected chi connectivity index (χ3v) is 3.27. The molecule has 17 heavy (non-hydrogen) atoms. The van der Waals surface area contributed by atoms with Gasteiger partial charge in [-0.15, -0.1) is 11.3 Å². The van der Waals surface area contributed by atoms with Crippen LogP contribution in [0.2, 0.25) is 0 Å². The van der Waals surface area contributed by atoms with Gasteiger partial charge in [-0.05, 0) is 0 Å². The van der Waals surface area contributed by atoms with Crippen molar-refractivity contribution in [3.05, 3.63) is 52.2 Å². The van der Waals surface area contributed by atoms with E-state index < -0.39 is 0 Å². The SMILES string of the molecule is Nc1cn(Cc2cn3ccsc3n2)ccc1=O. The number of nitrogen functional groups attached to an aromatic ring is 1. The van der Waals surface area contributed by atoms with Gasteiger partial charge in [0.2, 0.25) is 5.43 Å². The molecule has 86 valence electrons. The van der Waals surface area contributed by atoms with E-state index in [0.29, 0.717) is 6.54 Å². The Kier molecular flexibility index (Phi) is 2.22. The van der Waals surface area contributed by atoms with Crippen LogP contribution in [0.4, 0.5) is 5.69 Å². The van der Waals surface area contributed by atoms with E-state index >= 15 is 0 Å². The highest BCUT2D eigenvalue weighted by Gasteiger charge is 2.03. The maximum atomic E-state index is 11.2. The summed E-state index contributed by atoms with van der Waals surface area (Å²) in [6.07, 6.45) is 7.29. The molecular formula is C11H10N4OS. The fourth-order valence-corrected chi connectivity index (χ4v) is 2.40. The summed E-state index contributed by atoms with van der Waals surface area (Å²) in [7, 11) is 0. The van der Waals surface area contributed by atoms with Crippen molar-refractivity contribution in [3.8, 4) is 0 Å². The van der Waals surface area contributed by atoms with Crippen LogP contribution in [0.25, 0.3) is 4.96 Å². The predicted molar refractivity (Wildman–Crippen MR) is 67.3 cm³/mol. The van der Waals surface area contributed by atoms with Gasteiger partial charge < -0.3 is 10.3 Å². The van der Waals surface area contributed by atoms with E-state index in [-0.39, 0.29) is 11.1 Å². The zero-order valence-corrected chi connectivity index (χ0v) is 9.72. The number of anilines is 1. The van der Waals surface area contributed by atoms with Gasteiger partial charge in [-0.25, -0.2) is 4.98 Å². The molecule has 0 bridgehead atoms. The first kappa shape index (κ1) is 10.1. The number of aromatic nitrogens is 3. The molecule has 0 fully saturated rings. The Morgan fingerprint density at radius 3 is 3.00 bits per heavy atom. The molecule has 6 heteroatoms. The monoisotopic (exact) mass is 246 g/mol. The standard InChI is InChI=1S/C11H10N4OS/c12-9-7-14(2-1-10(9)16)5-8-6-15-3-4-17-11(15)13-8/h1-4,6-7H,5,12H2. The van der Waals surface area contributed by atoms with Crippen molar-refractivity contribution in [2.75, 3.05) is 5.73 Å². The summed E-state index contributed by atoms with van der Waals surface area (Å²) >= 11 is 1.59. The summed E-state index contributed by atoms with van der Waals surface area (Å²) in [4.78, 5) is 16.6. The van der Waals surface area contributed by atoms with Gasteiger partial charge in [0, 0.05) is 36.2 Å². The fraction of sp³-hybridized carbons (Fsp3) is 0.0909. The quantitative estimate of drug-likeness (QED) is 0.738. The second kappa shape index (κ2) is 3.74. The molecule has 0 saturated carbocycles. The molecule has 0 aromatic carbocycles. The van der Waals surface area contributed by atoms with E-state index in [1.807, 2.05) is 26.7 Å². The Morgan fingerprint density at radius 2 is 2.24 bits per heavy atom. The predicted octanol–water partition coefficient (Wildman–Crippen LogP) is 1.19. The smallest absolute Gasteiger partial charge is 0.204 e. The van der Waals surface area contributed by atoms with Crippen molar-refractivity contribution >= 4 is 22.0 Å². The van der Waals surface area contributed by atoms with E-state index in [2.05, 4.69) is 4.98 Å².